The first kappa shape index (κ1) is 18.1. The van der Waals surface area contributed by atoms with Crippen molar-refractivity contribution in [2.24, 2.45) is 0 Å². The molecular weight excluding hydrogens is 454 g/mol. The van der Waals surface area contributed by atoms with Crippen LogP contribution in [0.1, 0.15) is 23.3 Å². The molecule has 0 aromatic heterocycles. The third-order valence-electron chi connectivity index (χ3n) is 4.02. The van der Waals surface area contributed by atoms with E-state index in [4.69, 9.17) is 4.74 Å². The third kappa shape index (κ3) is 3.78. The minimum atomic E-state index is -1.09. The first-order chi connectivity index (χ1) is 12.0. The topological polar surface area (TPSA) is 66.8 Å². The van der Waals surface area contributed by atoms with Crippen LogP contribution in [0, 0.1) is 0 Å². The van der Waals surface area contributed by atoms with Crippen LogP contribution in [0.4, 0.5) is 4.79 Å². The highest BCUT2D eigenvalue weighted by Crippen LogP contribution is 2.32. The summed E-state index contributed by atoms with van der Waals surface area (Å²) in [5.74, 6) is -0.535. The highest BCUT2D eigenvalue weighted by atomic mass is 79.9. The second-order valence-electron chi connectivity index (χ2n) is 5.61. The Hall–Kier alpha value is -1.70. The van der Waals surface area contributed by atoms with Crippen LogP contribution in [0.15, 0.2) is 59.1 Å². The molecule has 1 aliphatic heterocycles. The van der Waals surface area contributed by atoms with Crippen LogP contribution in [0.2, 0.25) is 0 Å². The SMILES string of the molecule is O=C1OC[C@H](c2ccccc2)N1C(=O)[C@@H](Br)[C@@H](O)c1ccc(Br)cc1. The number of benzene rings is 2. The number of carbonyl (C=O) groups excluding carboxylic acids is 2. The predicted molar refractivity (Wildman–Crippen MR) is 99.2 cm³/mol. The zero-order valence-corrected chi connectivity index (χ0v) is 16.2. The number of hydrogen-bond donors (Lipinski definition) is 1. The molecular formula is C18H15Br2NO4. The normalized spacial score (nSPS) is 19.4. The van der Waals surface area contributed by atoms with Crippen molar-refractivity contribution in [3.05, 3.63) is 70.2 Å². The Morgan fingerprint density at radius 1 is 1.16 bits per heavy atom. The lowest BCUT2D eigenvalue weighted by Crippen LogP contribution is -2.41. The van der Waals surface area contributed by atoms with Crippen LogP contribution in [-0.4, -0.2) is 33.4 Å². The van der Waals surface area contributed by atoms with Gasteiger partial charge >= 0.3 is 6.09 Å². The summed E-state index contributed by atoms with van der Waals surface area (Å²) in [7, 11) is 0. The Morgan fingerprint density at radius 3 is 2.44 bits per heavy atom. The molecule has 0 radical (unpaired) electrons. The fourth-order valence-electron chi connectivity index (χ4n) is 2.68. The number of aliphatic hydroxyl groups excluding tert-OH is 1. The molecule has 1 saturated heterocycles. The van der Waals surface area contributed by atoms with Gasteiger partial charge in [-0.1, -0.05) is 74.3 Å². The monoisotopic (exact) mass is 467 g/mol. The number of imide groups is 1. The van der Waals surface area contributed by atoms with E-state index in [2.05, 4.69) is 31.9 Å². The molecule has 7 heteroatoms. The zero-order valence-electron chi connectivity index (χ0n) is 13.0. The molecule has 0 unspecified atom stereocenters. The molecule has 1 fully saturated rings. The number of ether oxygens (including phenoxy) is 1. The van der Waals surface area contributed by atoms with E-state index >= 15 is 0 Å². The highest BCUT2D eigenvalue weighted by molar-refractivity contribution is 9.10. The lowest BCUT2D eigenvalue weighted by molar-refractivity contribution is -0.130. The lowest BCUT2D eigenvalue weighted by Gasteiger charge is -2.25. The van der Waals surface area contributed by atoms with Gasteiger partial charge in [0.25, 0.3) is 0 Å². The van der Waals surface area contributed by atoms with Gasteiger partial charge in [0.1, 0.15) is 23.6 Å². The van der Waals surface area contributed by atoms with Crippen molar-refractivity contribution < 1.29 is 19.4 Å². The smallest absolute Gasteiger partial charge is 0.417 e. The number of rotatable bonds is 4. The summed E-state index contributed by atoms with van der Waals surface area (Å²) in [5.41, 5.74) is 1.38. The molecule has 3 atom stereocenters. The highest BCUT2D eigenvalue weighted by Gasteiger charge is 2.42. The third-order valence-corrected chi connectivity index (χ3v) is 5.44. The average molecular weight is 469 g/mol. The summed E-state index contributed by atoms with van der Waals surface area (Å²) >= 11 is 6.57. The molecule has 25 heavy (non-hydrogen) atoms. The van der Waals surface area contributed by atoms with Crippen molar-refractivity contribution in [1.82, 2.24) is 4.90 Å². The Kier molecular flexibility index (Phi) is 5.56. The average Bonchev–Trinajstić information content (AvgIpc) is 3.02. The van der Waals surface area contributed by atoms with Gasteiger partial charge < -0.3 is 9.84 Å². The second kappa shape index (κ2) is 7.68. The standard InChI is InChI=1S/C18H15Br2NO4/c19-13-8-6-12(7-9-13)16(22)15(20)17(23)21-14(10-25-18(21)24)11-4-2-1-3-5-11/h1-9,14-16,22H,10H2/t14-,15+,16+/m1/s1. The molecule has 2 amide bonds. The van der Waals surface area contributed by atoms with E-state index in [1.165, 1.54) is 0 Å². The van der Waals surface area contributed by atoms with Gasteiger partial charge in [0.2, 0.25) is 5.91 Å². The fourth-order valence-corrected chi connectivity index (χ4v) is 3.47. The largest absolute Gasteiger partial charge is 0.446 e. The Bertz CT molecular complexity index is 766. The number of carbonyl (C=O) groups is 2. The van der Waals surface area contributed by atoms with Crippen molar-refractivity contribution >= 4 is 43.9 Å². The number of halogens is 2. The van der Waals surface area contributed by atoms with Crippen molar-refractivity contribution in [2.45, 2.75) is 17.0 Å². The van der Waals surface area contributed by atoms with Crippen LogP contribution in [-0.2, 0) is 9.53 Å². The molecule has 1 aliphatic rings. The van der Waals surface area contributed by atoms with Gasteiger partial charge in [0, 0.05) is 4.47 Å². The summed E-state index contributed by atoms with van der Waals surface area (Å²) in [6, 6.07) is 15.7. The van der Waals surface area contributed by atoms with Crippen LogP contribution in [0.5, 0.6) is 0 Å². The fraction of sp³-hybridized carbons (Fsp3) is 0.222. The zero-order chi connectivity index (χ0) is 18.0. The van der Waals surface area contributed by atoms with E-state index in [-0.39, 0.29) is 6.61 Å². The van der Waals surface area contributed by atoms with E-state index < -0.39 is 29.0 Å². The molecule has 1 heterocycles. The van der Waals surface area contributed by atoms with E-state index in [9.17, 15) is 14.7 Å². The van der Waals surface area contributed by atoms with E-state index in [0.29, 0.717) is 5.56 Å². The molecule has 3 rings (SSSR count). The van der Waals surface area contributed by atoms with Gasteiger partial charge in [0.05, 0.1) is 0 Å². The number of amides is 2. The summed E-state index contributed by atoms with van der Waals surface area (Å²) in [6.07, 6.45) is -1.79. The quantitative estimate of drug-likeness (QED) is 0.689. The summed E-state index contributed by atoms with van der Waals surface area (Å²) < 4.78 is 5.93. The number of nitrogens with zero attached hydrogens (tertiary/aromatic N) is 1. The Morgan fingerprint density at radius 2 is 1.80 bits per heavy atom. The van der Waals surface area contributed by atoms with Gasteiger partial charge in [-0.25, -0.2) is 9.69 Å². The van der Waals surface area contributed by atoms with E-state index in [0.717, 1.165) is 14.9 Å². The maximum Gasteiger partial charge on any atom is 0.417 e. The molecule has 0 saturated carbocycles. The first-order valence-electron chi connectivity index (χ1n) is 7.61. The van der Waals surface area contributed by atoms with Gasteiger partial charge in [0.15, 0.2) is 0 Å². The maximum atomic E-state index is 12.8. The summed E-state index contributed by atoms with van der Waals surface area (Å²) in [4.78, 5) is 25.0. The predicted octanol–water partition coefficient (Wildman–Crippen LogP) is 3.97. The van der Waals surface area contributed by atoms with Crippen LogP contribution in [0.25, 0.3) is 0 Å². The molecule has 0 spiro atoms. The van der Waals surface area contributed by atoms with Crippen molar-refractivity contribution in [3.8, 4) is 0 Å². The second-order valence-corrected chi connectivity index (χ2v) is 7.51. The number of cyclic esters (lactones) is 1. The first-order valence-corrected chi connectivity index (χ1v) is 9.32. The summed E-state index contributed by atoms with van der Waals surface area (Å²) in [6.45, 7) is 0.0999. The van der Waals surface area contributed by atoms with E-state index in [1.807, 2.05) is 30.3 Å². The van der Waals surface area contributed by atoms with Crippen LogP contribution < -0.4 is 0 Å². The van der Waals surface area contributed by atoms with Gasteiger partial charge in [-0.2, -0.15) is 0 Å². The molecule has 0 bridgehead atoms. The lowest BCUT2D eigenvalue weighted by atomic mass is 10.0. The minimum absolute atomic E-state index is 0.0999. The van der Waals surface area contributed by atoms with Gasteiger partial charge in [-0.3, -0.25) is 4.79 Å². The Labute approximate surface area is 161 Å². The van der Waals surface area contributed by atoms with Crippen molar-refractivity contribution in [2.75, 3.05) is 6.61 Å². The number of hydrogen-bond acceptors (Lipinski definition) is 4. The molecule has 5 nitrogen and oxygen atoms in total. The molecule has 0 aliphatic carbocycles. The maximum absolute atomic E-state index is 12.8. The number of aliphatic hydroxyl groups is 1. The van der Waals surface area contributed by atoms with Crippen LogP contribution >= 0.6 is 31.9 Å². The van der Waals surface area contributed by atoms with Crippen molar-refractivity contribution in [3.63, 3.8) is 0 Å². The molecule has 130 valence electrons. The summed E-state index contributed by atoms with van der Waals surface area (Å²) in [5, 5.41) is 10.5. The Balaban J connectivity index is 1.82. The van der Waals surface area contributed by atoms with Crippen molar-refractivity contribution in [1.29, 1.82) is 0 Å². The van der Waals surface area contributed by atoms with Crippen LogP contribution in [0.3, 0.4) is 0 Å². The molecule has 1 N–H and O–H groups in total. The molecule has 2 aromatic rings. The molecule has 2 aromatic carbocycles. The van der Waals surface area contributed by atoms with E-state index in [1.54, 1.807) is 24.3 Å². The minimum Gasteiger partial charge on any atom is -0.446 e. The van der Waals surface area contributed by atoms with Gasteiger partial charge in [-0.05, 0) is 23.3 Å². The van der Waals surface area contributed by atoms with Gasteiger partial charge in [-0.15, -0.1) is 0 Å². The number of alkyl halides is 1.